The smallest absolute Gasteiger partial charge is 0.211 e. The summed E-state index contributed by atoms with van der Waals surface area (Å²) in [6.07, 6.45) is 5.58. The molecule has 21 heavy (non-hydrogen) atoms. The van der Waals surface area contributed by atoms with Gasteiger partial charge in [0.2, 0.25) is 10.0 Å². The van der Waals surface area contributed by atoms with Crippen molar-refractivity contribution >= 4 is 49.2 Å². The Balaban J connectivity index is 2.15. The number of hydrogen-bond acceptors (Lipinski definition) is 2. The lowest BCUT2D eigenvalue weighted by molar-refractivity contribution is 0.227. The molecule has 3 nitrogen and oxygen atoms in total. The van der Waals surface area contributed by atoms with E-state index in [1.54, 1.807) is 6.07 Å². The van der Waals surface area contributed by atoms with E-state index in [2.05, 4.69) is 20.7 Å². The van der Waals surface area contributed by atoms with Gasteiger partial charge in [-0.25, -0.2) is 13.1 Å². The molecule has 1 aliphatic rings. The molecule has 2 rings (SSSR count). The third-order valence-electron chi connectivity index (χ3n) is 4.02. The van der Waals surface area contributed by atoms with Crippen LogP contribution in [0.5, 0.6) is 0 Å². The fraction of sp³-hybridized carbons (Fsp3) is 0.571. The lowest BCUT2D eigenvalue weighted by Gasteiger charge is -2.35. The van der Waals surface area contributed by atoms with Crippen LogP contribution in [0.1, 0.15) is 32.1 Å². The van der Waals surface area contributed by atoms with Gasteiger partial charge in [0.05, 0.1) is 5.02 Å². The molecule has 0 radical (unpaired) electrons. The molecule has 0 atom stereocenters. The predicted molar refractivity (Wildman–Crippen MR) is 91.0 cm³/mol. The quantitative estimate of drug-likeness (QED) is 0.714. The van der Waals surface area contributed by atoms with Crippen LogP contribution in [0, 0.1) is 5.41 Å². The van der Waals surface area contributed by atoms with E-state index < -0.39 is 10.0 Å². The summed E-state index contributed by atoms with van der Waals surface area (Å²) in [5.41, 5.74) is -0.00360. The van der Waals surface area contributed by atoms with Crippen LogP contribution in [-0.4, -0.2) is 20.3 Å². The van der Waals surface area contributed by atoms with Gasteiger partial charge in [-0.15, -0.1) is 0 Å². The molecule has 0 spiro atoms. The number of rotatable bonds is 5. The van der Waals surface area contributed by atoms with Crippen LogP contribution in [0.15, 0.2) is 23.1 Å². The molecule has 1 saturated carbocycles. The van der Waals surface area contributed by atoms with Crippen molar-refractivity contribution in [3.8, 4) is 0 Å². The largest absolute Gasteiger partial charge is 0.242 e. The van der Waals surface area contributed by atoms with Crippen molar-refractivity contribution in [2.75, 3.05) is 11.9 Å². The highest BCUT2D eigenvalue weighted by atomic mass is 79.9. The molecular weight excluding hydrogens is 397 g/mol. The maximum atomic E-state index is 12.4. The first kappa shape index (κ1) is 17.5. The lowest BCUT2D eigenvalue weighted by atomic mass is 9.76. The number of nitrogens with one attached hydrogen (secondary N) is 1. The molecule has 7 heteroatoms. The second-order valence-corrected chi connectivity index (χ2v) is 8.73. The molecule has 1 aromatic carbocycles. The van der Waals surface area contributed by atoms with Crippen molar-refractivity contribution in [3.05, 3.63) is 28.2 Å². The van der Waals surface area contributed by atoms with Crippen molar-refractivity contribution in [2.45, 2.75) is 37.0 Å². The van der Waals surface area contributed by atoms with Crippen molar-refractivity contribution in [3.63, 3.8) is 0 Å². The van der Waals surface area contributed by atoms with Crippen LogP contribution in [0.3, 0.4) is 0 Å². The zero-order chi connectivity index (χ0) is 15.5. The van der Waals surface area contributed by atoms with Crippen LogP contribution in [0.2, 0.25) is 10.0 Å². The van der Waals surface area contributed by atoms with Crippen molar-refractivity contribution in [2.24, 2.45) is 5.41 Å². The second-order valence-electron chi connectivity index (χ2n) is 5.59. The minimum atomic E-state index is -3.65. The summed E-state index contributed by atoms with van der Waals surface area (Å²) in [7, 11) is -3.65. The molecule has 118 valence electrons. The van der Waals surface area contributed by atoms with Gasteiger partial charge < -0.3 is 0 Å². The molecule has 0 saturated heterocycles. The molecule has 0 bridgehead atoms. The topological polar surface area (TPSA) is 46.2 Å². The molecule has 1 N–H and O–H groups in total. The van der Waals surface area contributed by atoms with Crippen LogP contribution < -0.4 is 4.72 Å². The molecular formula is C14H18BrCl2NO2S. The van der Waals surface area contributed by atoms with Crippen LogP contribution >= 0.6 is 39.1 Å². The highest BCUT2D eigenvalue weighted by molar-refractivity contribution is 9.09. The van der Waals surface area contributed by atoms with E-state index in [1.165, 1.54) is 18.6 Å². The minimum Gasteiger partial charge on any atom is -0.211 e. The van der Waals surface area contributed by atoms with Gasteiger partial charge in [0.15, 0.2) is 0 Å². The molecule has 1 aromatic rings. The summed E-state index contributed by atoms with van der Waals surface area (Å²) in [5, 5.41) is 1.34. The number of hydrogen-bond donors (Lipinski definition) is 1. The van der Waals surface area contributed by atoms with Crippen LogP contribution in [0.25, 0.3) is 0 Å². The zero-order valence-corrected chi connectivity index (χ0v) is 15.5. The lowest BCUT2D eigenvalue weighted by Crippen LogP contribution is -2.40. The number of sulfonamides is 1. The predicted octanol–water partition coefficient (Wildman–Crippen LogP) is 4.62. The Hall–Kier alpha value is 0.190. The van der Waals surface area contributed by atoms with E-state index in [1.807, 2.05) is 0 Å². The molecule has 0 amide bonds. The first-order valence-corrected chi connectivity index (χ1v) is 10.3. The summed E-state index contributed by atoms with van der Waals surface area (Å²) >= 11 is 15.4. The van der Waals surface area contributed by atoms with Gasteiger partial charge in [-0.2, -0.15) is 0 Å². The van der Waals surface area contributed by atoms with Gasteiger partial charge in [-0.05, 0) is 36.5 Å². The Labute approximate surface area is 144 Å². The van der Waals surface area contributed by atoms with E-state index in [0.717, 1.165) is 31.0 Å². The zero-order valence-electron chi connectivity index (χ0n) is 11.5. The Morgan fingerprint density at radius 3 is 2.48 bits per heavy atom. The fourth-order valence-corrected chi connectivity index (χ4v) is 5.35. The summed E-state index contributed by atoms with van der Waals surface area (Å²) in [4.78, 5) is 0.0391. The van der Waals surface area contributed by atoms with Crippen molar-refractivity contribution in [1.82, 2.24) is 4.72 Å². The van der Waals surface area contributed by atoms with E-state index in [9.17, 15) is 8.42 Å². The van der Waals surface area contributed by atoms with E-state index in [0.29, 0.717) is 11.6 Å². The third-order valence-corrected chi connectivity index (χ3v) is 7.33. The van der Waals surface area contributed by atoms with Gasteiger partial charge in [-0.3, -0.25) is 0 Å². The number of alkyl halides is 1. The molecule has 0 unspecified atom stereocenters. The number of halogens is 3. The molecule has 1 aliphatic carbocycles. The van der Waals surface area contributed by atoms with Gasteiger partial charge in [0, 0.05) is 16.9 Å². The Bertz CT molecular complexity index is 601. The van der Waals surface area contributed by atoms with Gasteiger partial charge in [-0.1, -0.05) is 58.4 Å². The average molecular weight is 415 g/mol. The summed E-state index contributed by atoms with van der Waals surface area (Å²) in [5.74, 6) is 0. The average Bonchev–Trinajstić information content (AvgIpc) is 2.49. The summed E-state index contributed by atoms with van der Waals surface area (Å²) in [6.45, 7) is 0.420. The maximum Gasteiger partial charge on any atom is 0.242 e. The molecule has 0 aromatic heterocycles. The maximum absolute atomic E-state index is 12.4. The van der Waals surface area contributed by atoms with E-state index in [-0.39, 0.29) is 15.3 Å². The monoisotopic (exact) mass is 413 g/mol. The Kier molecular flexibility index (Phi) is 5.99. The van der Waals surface area contributed by atoms with Crippen molar-refractivity contribution in [1.29, 1.82) is 0 Å². The minimum absolute atomic E-state index is 0.00360. The fourth-order valence-electron chi connectivity index (χ4n) is 2.67. The van der Waals surface area contributed by atoms with Gasteiger partial charge >= 0.3 is 0 Å². The first-order valence-electron chi connectivity index (χ1n) is 6.89. The van der Waals surface area contributed by atoms with E-state index >= 15 is 0 Å². The number of benzene rings is 1. The molecule has 0 heterocycles. The Morgan fingerprint density at radius 2 is 1.86 bits per heavy atom. The normalized spacial score (nSPS) is 18.6. The van der Waals surface area contributed by atoms with E-state index in [4.69, 9.17) is 23.2 Å². The molecule has 0 aliphatic heterocycles. The summed E-state index contributed by atoms with van der Waals surface area (Å²) < 4.78 is 27.6. The molecule has 1 fully saturated rings. The summed E-state index contributed by atoms with van der Waals surface area (Å²) in [6, 6.07) is 4.46. The SMILES string of the molecule is O=S(=O)(NCC1(CBr)CCCCC1)c1cc(Cl)ccc1Cl. The first-order chi connectivity index (χ1) is 9.88. The van der Waals surface area contributed by atoms with Crippen LogP contribution in [0.4, 0.5) is 0 Å². The third kappa shape index (κ3) is 4.35. The highest BCUT2D eigenvalue weighted by Crippen LogP contribution is 2.37. The highest BCUT2D eigenvalue weighted by Gasteiger charge is 2.32. The van der Waals surface area contributed by atoms with Crippen LogP contribution in [-0.2, 0) is 10.0 Å². The Morgan fingerprint density at radius 1 is 1.19 bits per heavy atom. The van der Waals surface area contributed by atoms with Crippen molar-refractivity contribution < 1.29 is 8.42 Å². The van der Waals surface area contributed by atoms with Gasteiger partial charge in [0.1, 0.15) is 4.90 Å². The standard InChI is InChI=1S/C14H18BrCl2NO2S/c15-9-14(6-2-1-3-7-14)10-18-21(19,20)13-8-11(16)4-5-12(13)17/h4-5,8,18H,1-3,6-7,9-10H2. The van der Waals surface area contributed by atoms with Gasteiger partial charge in [0.25, 0.3) is 0 Å². The second kappa shape index (κ2) is 7.18.